The van der Waals surface area contributed by atoms with Crippen molar-refractivity contribution in [2.24, 2.45) is 0 Å². The van der Waals surface area contributed by atoms with Gasteiger partial charge in [0.05, 0.1) is 10.9 Å². The normalized spacial score (nSPS) is 9.25. The van der Waals surface area contributed by atoms with Gasteiger partial charge in [0, 0.05) is 6.20 Å². The maximum atomic E-state index is 4.15. The van der Waals surface area contributed by atoms with Crippen LogP contribution in [0.3, 0.4) is 0 Å². The summed E-state index contributed by atoms with van der Waals surface area (Å²) in [6, 6.07) is 2.00. The molecule has 0 aromatic carbocycles. The molecule has 0 saturated carbocycles. The first-order valence-electron chi connectivity index (χ1n) is 4.04. The highest BCUT2D eigenvalue weighted by Crippen LogP contribution is 2.18. The van der Waals surface area contributed by atoms with Gasteiger partial charge in [0.1, 0.15) is 5.52 Å². The maximum absolute atomic E-state index is 4.15. The standard InChI is InChI=1S/C7H6N2S.C2H6/c1-5-2-3-8-6-4-9-10-7(5)6;1-2/h2-4H,1H3;1-2H3. The molecule has 0 unspecified atom stereocenters. The van der Waals surface area contributed by atoms with Crippen LogP contribution in [0.1, 0.15) is 19.4 Å². The molecular weight excluding hydrogens is 168 g/mol. The predicted molar refractivity (Wildman–Crippen MR) is 53.5 cm³/mol. The summed E-state index contributed by atoms with van der Waals surface area (Å²) in [6.07, 6.45) is 3.61. The number of pyridine rings is 1. The Bertz CT molecular complexity index is 354. The molecule has 0 aliphatic heterocycles. The van der Waals surface area contributed by atoms with E-state index >= 15 is 0 Å². The number of hydrogen-bond acceptors (Lipinski definition) is 3. The van der Waals surface area contributed by atoms with Gasteiger partial charge in [-0.2, -0.15) is 4.37 Å². The van der Waals surface area contributed by atoms with Crippen molar-refractivity contribution in [2.75, 3.05) is 0 Å². The van der Waals surface area contributed by atoms with Crippen LogP contribution in [-0.4, -0.2) is 9.36 Å². The molecule has 12 heavy (non-hydrogen) atoms. The number of fused-ring (bicyclic) bond motifs is 1. The van der Waals surface area contributed by atoms with Crippen LogP contribution in [0.2, 0.25) is 0 Å². The number of nitrogens with zero attached hydrogens (tertiary/aromatic N) is 2. The third kappa shape index (κ3) is 1.61. The summed E-state index contributed by atoms with van der Waals surface area (Å²) in [5.41, 5.74) is 2.26. The minimum Gasteiger partial charge on any atom is -0.254 e. The van der Waals surface area contributed by atoms with E-state index < -0.39 is 0 Å². The molecule has 2 rings (SSSR count). The Labute approximate surface area is 76.4 Å². The zero-order valence-electron chi connectivity index (χ0n) is 7.53. The molecule has 0 spiro atoms. The van der Waals surface area contributed by atoms with Crippen molar-refractivity contribution in [3.05, 3.63) is 24.0 Å². The molecular formula is C9H12N2S. The molecule has 2 aromatic heterocycles. The topological polar surface area (TPSA) is 25.8 Å². The Morgan fingerprint density at radius 3 is 2.75 bits per heavy atom. The molecule has 64 valence electrons. The zero-order valence-corrected chi connectivity index (χ0v) is 8.35. The van der Waals surface area contributed by atoms with E-state index in [1.807, 2.05) is 26.1 Å². The maximum Gasteiger partial charge on any atom is 0.101 e. The number of aromatic nitrogens is 2. The summed E-state index contributed by atoms with van der Waals surface area (Å²) >= 11 is 1.50. The van der Waals surface area contributed by atoms with E-state index in [1.54, 1.807) is 6.20 Å². The van der Waals surface area contributed by atoms with Gasteiger partial charge in [-0.3, -0.25) is 4.98 Å². The van der Waals surface area contributed by atoms with Gasteiger partial charge >= 0.3 is 0 Å². The summed E-state index contributed by atoms with van der Waals surface area (Å²) < 4.78 is 5.24. The molecule has 2 nitrogen and oxygen atoms in total. The lowest BCUT2D eigenvalue weighted by Crippen LogP contribution is -1.73. The van der Waals surface area contributed by atoms with Crippen molar-refractivity contribution in [1.29, 1.82) is 0 Å². The third-order valence-electron chi connectivity index (χ3n) is 1.45. The minimum absolute atomic E-state index is 1.00. The molecule has 2 heterocycles. The fourth-order valence-corrected chi connectivity index (χ4v) is 1.57. The van der Waals surface area contributed by atoms with Gasteiger partial charge in [-0.1, -0.05) is 13.8 Å². The lowest BCUT2D eigenvalue weighted by atomic mass is 10.3. The van der Waals surface area contributed by atoms with E-state index in [0.29, 0.717) is 0 Å². The van der Waals surface area contributed by atoms with Crippen LogP contribution in [0.4, 0.5) is 0 Å². The van der Waals surface area contributed by atoms with Crippen LogP contribution in [0.5, 0.6) is 0 Å². The van der Waals surface area contributed by atoms with E-state index in [4.69, 9.17) is 0 Å². The van der Waals surface area contributed by atoms with Gasteiger partial charge in [0.25, 0.3) is 0 Å². The molecule has 0 amide bonds. The Hall–Kier alpha value is -0.960. The number of aryl methyl sites for hydroxylation is 1. The van der Waals surface area contributed by atoms with E-state index in [9.17, 15) is 0 Å². The second-order valence-corrected chi connectivity index (χ2v) is 2.97. The largest absolute Gasteiger partial charge is 0.254 e. The second kappa shape index (κ2) is 4.16. The summed E-state index contributed by atoms with van der Waals surface area (Å²) in [4.78, 5) is 4.15. The van der Waals surface area contributed by atoms with Crippen LogP contribution in [0.15, 0.2) is 18.5 Å². The summed E-state index contributed by atoms with van der Waals surface area (Å²) in [5, 5.41) is 0. The highest BCUT2D eigenvalue weighted by molar-refractivity contribution is 7.13. The van der Waals surface area contributed by atoms with Gasteiger partial charge < -0.3 is 0 Å². The van der Waals surface area contributed by atoms with Crippen molar-refractivity contribution in [2.45, 2.75) is 20.8 Å². The smallest absolute Gasteiger partial charge is 0.101 e. The second-order valence-electron chi connectivity index (χ2n) is 2.17. The van der Waals surface area contributed by atoms with Crippen LogP contribution in [-0.2, 0) is 0 Å². The highest BCUT2D eigenvalue weighted by Gasteiger charge is 1.97. The van der Waals surface area contributed by atoms with Gasteiger partial charge in [-0.15, -0.1) is 0 Å². The van der Waals surface area contributed by atoms with Gasteiger partial charge in [0.2, 0.25) is 0 Å². The molecule has 0 fully saturated rings. The van der Waals surface area contributed by atoms with Crippen LogP contribution >= 0.6 is 11.5 Å². The van der Waals surface area contributed by atoms with E-state index in [0.717, 1.165) is 5.52 Å². The van der Waals surface area contributed by atoms with Crippen molar-refractivity contribution in [1.82, 2.24) is 9.36 Å². The van der Waals surface area contributed by atoms with Gasteiger partial charge in [0.15, 0.2) is 0 Å². The van der Waals surface area contributed by atoms with Gasteiger partial charge in [-0.05, 0) is 30.1 Å². The molecule has 0 N–H and O–H groups in total. The Morgan fingerprint density at radius 2 is 2.08 bits per heavy atom. The Morgan fingerprint density at radius 1 is 1.33 bits per heavy atom. The van der Waals surface area contributed by atoms with E-state index in [-0.39, 0.29) is 0 Å². The molecule has 3 heteroatoms. The quantitative estimate of drug-likeness (QED) is 0.622. The minimum atomic E-state index is 1.00. The molecule has 0 radical (unpaired) electrons. The van der Waals surface area contributed by atoms with E-state index in [2.05, 4.69) is 16.3 Å². The SMILES string of the molecule is CC.Cc1ccnc2cnsc12. The first-order valence-corrected chi connectivity index (χ1v) is 4.81. The number of hydrogen-bond donors (Lipinski definition) is 0. The molecule has 0 bridgehead atoms. The molecule has 0 aliphatic rings. The fourth-order valence-electron chi connectivity index (χ4n) is 0.905. The van der Waals surface area contributed by atoms with Crippen LogP contribution in [0.25, 0.3) is 10.2 Å². The Kier molecular flexibility index (Phi) is 3.17. The first kappa shape index (κ1) is 9.13. The number of rotatable bonds is 0. The Balaban J connectivity index is 0.000000336. The summed E-state index contributed by atoms with van der Waals surface area (Å²) in [7, 11) is 0. The highest BCUT2D eigenvalue weighted by atomic mass is 32.1. The first-order chi connectivity index (χ1) is 5.88. The molecule has 0 atom stereocenters. The lowest BCUT2D eigenvalue weighted by molar-refractivity contribution is 1.38. The summed E-state index contributed by atoms with van der Waals surface area (Å²) in [5.74, 6) is 0. The lowest BCUT2D eigenvalue weighted by Gasteiger charge is -1.89. The fraction of sp³-hybridized carbons (Fsp3) is 0.333. The average Bonchev–Trinajstić information content (AvgIpc) is 2.57. The van der Waals surface area contributed by atoms with Crippen LogP contribution in [0, 0.1) is 6.92 Å². The van der Waals surface area contributed by atoms with Crippen LogP contribution < -0.4 is 0 Å². The van der Waals surface area contributed by atoms with E-state index in [1.165, 1.54) is 21.8 Å². The zero-order chi connectivity index (χ0) is 8.97. The molecule has 0 saturated heterocycles. The van der Waals surface area contributed by atoms with Crippen molar-refractivity contribution < 1.29 is 0 Å². The summed E-state index contributed by atoms with van der Waals surface area (Å²) in [6.45, 7) is 6.07. The van der Waals surface area contributed by atoms with Gasteiger partial charge in [-0.25, -0.2) is 0 Å². The van der Waals surface area contributed by atoms with Crippen molar-refractivity contribution >= 4 is 21.7 Å². The van der Waals surface area contributed by atoms with Crippen molar-refractivity contribution in [3.8, 4) is 0 Å². The van der Waals surface area contributed by atoms with Crippen molar-refractivity contribution in [3.63, 3.8) is 0 Å². The molecule has 2 aromatic rings. The predicted octanol–water partition coefficient (Wildman–Crippen LogP) is 3.03. The molecule has 0 aliphatic carbocycles. The monoisotopic (exact) mass is 180 g/mol. The average molecular weight is 180 g/mol. The third-order valence-corrected chi connectivity index (χ3v) is 2.37.